The summed E-state index contributed by atoms with van der Waals surface area (Å²) in [5, 5.41) is 0. The molecule has 4 heteroatoms. The van der Waals surface area contributed by atoms with Crippen LogP contribution in [0.1, 0.15) is 32.6 Å². The van der Waals surface area contributed by atoms with Crippen molar-refractivity contribution in [2.24, 2.45) is 0 Å². The summed E-state index contributed by atoms with van der Waals surface area (Å²) in [6, 6.07) is 3.70. The highest BCUT2D eigenvalue weighted by molar-refractivity contribution is 5.69. The van der Waals surface area contributed by atoms with Gasteiger partial charge >= 0.3 is 6.09 Å². The number of amides is 1. The third kappa shape index (κ3) is 5.17. The first kappa shape index (κ1) is 14.5. The number of aryl methyl sites for hydroxylation is 1. The average molecular weight is 251 g/mol. The van der Waals surface area contributed by atoms with E-state index in [0.717, 1.165) is 13.0 Å². The molecular formula is C14H23N2O2+. The number of hydrogen-bond acceptors (Lipinski definition) is 2. The Kier molecular flexibility index (Phi) is 6.19. The summed E-state index contributed by atoms with van der Waals surface area (Å²) in [5.74, 6) is 0.590. The molecule has 0 atom stereocenters. The van der Waals surface area contributed by atoms with Crippen LogP contribution in [0.5, 0.6) is 5.75 Å². The fourth-order valence-corrected chi connectivity index (χ4v) is 1.61. The first-order valence-electron chi connectivity index (χ1n) is 6.51. The molecule has 0 radical (unpaired) electrons. The zero-order chi connectivity index (χ0) is 13.4. The number of rotatable bonds is 6. The zero-order valence-electron chi connectivity index (χ0n) is 11.6. The molecule has 1 amide bonds. The highest BCUT2D eigenvalue weighted by Gasteiger charge is 2.09. The molecule has 0 aliphatic rings. The lowest BCUT2D eigenvalue weighted by Crippen LogP contribution is -2.33. The lowest BCUT2D eigenvalue weighted by atomic mass is 10.2. The molecule has 0 aromatic carbocycles. The van der Waals surface area contributed by atoms with Crippen molar-refractivity contribution in [3.05, 3.63) is 24.5 Å². The average Bonchev–Trinajstić information content (AvgIpc) is 2.35. The minimum atomic E-state index is -0.348. The molecule has 100 valence electrons. The van der Waals surface area contributed by atoms with Crippen LogP contribution in [-0.2, 0) is 6.54 Å². The molecule has 0 fully saturated rings. The number of ether oxygens (including phenoxy) is 1. The van der Waals surface area contributed by atoms with Gasteiger partial charge in [-0.3, -0.25) is 0 Å². The molecule has 0 unspecified atom stereocenters. The number of hydrogen-bond donors (Lipinski definition) is 0. The van der Waals surface area contributed by atoms with Crippen molar-refractivity contribution < 1.29 is 14.1 Å². The van der Waals surface area contributed by atoms with E-state index in [1.807, 2.05) is 18.5 Å². The highest BCUT2D eigenvalue weighted by atomic mass is 16.6. The smallest absolute Gasteiger partial charge is 0.404 e. The van der Waals surface area contributed by atoms with Crippen LogP contribution in [0, 0.1) is 0 Å². The van der Waals surface area contributed by atoms with Crippen molar-refractivity contribution in [2.45, 2.75) is 39.2 Å². The van der Waals surface area contributed by atoms with E-state index in [2.05, 4.69) is 11.5 Å². The van der Waals surface area contributed by atoms with Gasteiger partial charge in [0.1, 0.15) is 6.54 Å². The molecule has 1 heterocycles. The molecule has 0 aliphatic heterocycles. The Balaban J connectivity index is 2.49. The monoisotopic (exact) mass is 251 g/mol. The lowest BCUT2D eigenvalue weighted by molar-refractivity contribution is -0.697. The van der Waals surface area contributed by atoms with E-state index >= 15 is 0 Å². The van der Waals surface area contributed by atoms with E-state index in [-0.39, 0.29) is 6.09 Å². The van der Waals surface area contributed by atoms with Gasteiger partial charge in [-0.2, -0.15) is 0 Å². The summed E-state index contributed by atoms with van der Waals surface area (Å²) >= 11 is 0. The normalized spacial score (nSPS) is 10.2. The van der Waals surface area contributed by atoms with Gasteiger partial charge in [0.05, 0.1) is 0 Å². The third-order valence-electron chi connectivity index (χ3n) is 2.67. The minimum absolute atomic E-state index is 0.348. The molecule has 0 bridgehead atoms. The molecular weight excluding hydrogens is 228 g/mol. The Morgan fingerprint density at radius 3 is 2.78 bits per heavy atom. The number of carbonyl (C=O) groups excluding carboxylic acids is 1. The van der Waals surface area contributed by atoms with Gasteiger partial charge in [-0.05, 0) is 12.5 Å². The Labute approximate surface area is 109 Å². The minimum Gasteiger partial charge on any atom is -0.404 e. The highest BCUT2D eigenvalue weighted by Crippen LogP contribution is 2.07. The third-order valence-corrected chi connectivity index (χ3v) is 2.67. The molecule has 0 saturated heterocycles. The number of unbranched alkanes of at least 4 members (excludes halogenated alkanes) is 3. The van der Waals surface area contributed by atoms with Crippen LogP contribution in [-0.4, -0.2) is 25.1 Å². The maximum atomic E-state index is 11.4. The fraction of sp³-hybridized carbons (Fsp3) is 0.571. The maximum absolute atomic E-state index is 11.4. The van der Waals surface area contributed by atoms with Gasteiger partial charge in [0.15, 0.2) is 11.9 Å². The van der Waals surface area contributed by atoms with Crippen molar-refractivity contribution in [3.63, 3.8) is 0 Å². The second-order valence-electron chi connectivity index (χ2n) is 4.60. The second-order valence-corrected chi connectivity index (χ2v) is 4.60. The van der Waals surface area contributed by atoms with Crippen molar-refractivity contribution in [2.75, 3.05) is 14.1 Å². The standard InChI is InChI=1S/C14H23N2O2/c1-4-5-6-7-10-16-11-8-9-13(12-16)18-14(17)15(2)3/h8-9,11-12H,4-7,10H2,1-3H3/q+1. The predicted octanol–water partition coefficient (Wildman–Crippen LogP) is 2.61. The van der Waals surface area contributed by atoms with Gasteiger partial charge in [-0.1, -0.05) is 19.8 Å². The number of nitrogens with zero attached hydrogens (tertiary/aromatic N) is 2. The quantitative estimate of drug-likeness (QED) is 0.575. The summed E-state index contributed by atoms with van der Waals surface area (Å²) in [7, 11) is 3.34. The van der Waals surface area contributed by atoms with E-state index in [0.29, 0.717) is 5.75 Å². The lowest BCUT2D eigenvalue weighted by Gasteiger charge is -2.09. The van der Waals surface area contributed by atoms with Gasteiger partial charge in [-0.15, -0.1) is 0 Å². The Bertz CT molecular complexity index is 378. The van der Waals surface area contributed by atoms with Gasteiger partial charge in [0.2, 0.25) is 6.20 Å². The predicted molar refractivity (Wildman–Crippen MR) is 70.5 cm³/mol. The molecule has 1 rings (SSSR count). The zero-order valence-corrected chi connectivity index (χ0v) is 11.6. The van der Waals surface area contributed by atoms with Crippen molar-refractivity contribution >= 4 is 6.09 Å². The maximum Gasteiger partial charge on any atom is 0.414 e. The van der Waals surface area contributed by atoms with Gasteiger partial charge in [0, 0.05) is 26.6 Å². The first-order valence-corrected chi connectivity index (χ1v) is 6.51. The molecule has 0 aliphatic carbocycles. The van der Waals surface area contributed by atoms with Crippen LogP contribution in [0.2, 0.25) is 0 Å². The molecule has 1 aromatic rings. The second kappa shape index (κ2) is 7.69. The molecule has 1 aromatic heterocycles. The van der Waals surface area contributed by atoms with E-state index < -0.39 is 0 Å². The summed E-state index contributed by atoms with van der Waals surface area (Å²) < 4.78 is 7.27. The summed E-state index contributed by atoms with van der Waals surface area (Å²) in [6.07, 6.45) is 8.43. The molecule has 0 spiro atoms. The molecule has 0 saturated carbocycles. The fourth-order valence-electron chi connectivity index (χ4n) is 1.61. The van der Waals surface area contributed by atoms with Crippen molar-refractivity contribution in [1.82, 2.24) is 4.90 Å². The Morgan fingerprint density at radius 1 is 1.33 bits per heavy atom. The summed E-state index contributed by atoms with van der Waals surface area (Å²) in [4.78, 5) is 12.8. The van der Waals surface area contributed by atoms with E-state index in [1.165, 1.54) is 24.2 Å². The first-order chi connectivity index (χ1) is 8.63. The van der Waals surface area contributed by atoms with E-state index in [4.69, 9.17) is 4.74 Å². The Morgan fingerprint density at radius 2 is 2.11 bits per heavy atom. The molecule has 18 heavy (non-hydrogen) atoms. The van der Waals surface area contributed by atoms with Gasteiger partial charge in [0.25, 0.3) is 0 Å². The SMILES string of the molecule is CCCCCC[n+]1cccc(OC(=O)N(C)C)c1. The van der Waals surface area contributed by atoms with E-state index in [9.17, 15) is 4.79 Å². The van der Waals surface area contributed by atoms with Gasteiger partial charge in [-0.25, -0.2) is 9.36 Å². The van der Waals surface area contributed by atoms with Crippen molar-refractivity contribution in [3.8, 4) is 5.75 Å². The van der Waals surface area contributed by atoms with Crippen molar-refractivity contribution in [1.29, 1.82) is 0 Å². The van der Waals surface area contributed by atoms with Crippen LogP contribution in [0.3, 0.4) is 0 Å². The number of aromatic nitrogens is 1. The molecule has 4 nitrogen and oxygen atoms in total. The van der Waals surface area contributed by atoms with Crippen LogP contribution in [0.4, 0.5) is 4.79 Å². The van der Waals surface area contributed by atoms with Crippen LogP contribution < -0.4 is 9.30 Å². The van der Waals surface area contributed by atoms with Gasteiger partial charge < -0.3 is 9.64 Å². The largest absolute Gasteiger partial charge is 0.414 e. The number of pyridine rings is 1. The van der Waals surface area contributed by atoms with Crippen LogP contribution >= 0.6 is 0 Å². The topological polar surface area (TPSA) is 33.4 Å². The Hall–Kier alpha value is -1.58. The molecule has 0 N–H and O–H groups in total. The van der Waals surface area contributed by atoms with E-state index in [1.54, 1.807) is 20.2 Å². The summed E-state index contributed by atoms with van der Waals surface area (Å²) in [5.41, 5.74) is 0. The van der Waals surface area contributed by atoms with Crippen LogP contribution in [0.25, 0.3) is 0 Å². The number of carbonyl (C=O) groups is 1. The summed E-state index contributed by atoms with van der Waals surface area (Å²) in [6.45, 7) is 3.17. The van der Waals surface area contributed by atoms with Crippen LogP contribution in [0.15, 0.2) is 24.5 Å².